The minimum Gasteiger partial charge on any atom is -0.489 e. The van der Waals surface area contributed by atoms with Crippen LogP contribution in [0.25, 0.3) is 0 Å². The summed E-state index contributed by atoms with van der Waals surface area (Å²) in [5.74, 6) is 0.244. The van der Waals surface area contributed by atoms with Crippen molar-refractivity contribution in [3.05, 3.63) is 18.2 Å². The number of sulfonamides is 1. The highest BCUT2D eigenvalue weighted by molar-refractivity contribution is 7.89. The van der Waals surface area contributed by atoms with E-state index in [9.17, 15) is 8.42 Å². The fraction of sp³-hybridized carbons (Fsp3) is 0.538. The zero-order valence-corrected chi connectivity index (χ0v) is 12.4. The molecule has 0 spiro atoms. The molecule has 2 rings (SSSR count). The van der Waals surface area contributed by atoms with E-state index in [0.717, 1.165) is 0 Å². The van der Waals surface area contributed by atoms with Crippen LogP contribution in [0.3, 0.4) is 0 Å². The van der Waals surface area contributed by atoms with Gasteiger partial charge in [0, 0.05) is 18.5 Å². The summed E-state index contributed by atoms with van der Waals surface area (Å²) in [5.41, 5.74) is 5.93. The number of anilines is 1. The van der Waals surface area contributed by atoms with Crippen LogP contribution in [-0.2, 0) is 14.8 Å². The van der Waals surface area contributed by atoms with Crippen molar-refractivity contribution in [2.24, 2.45) is 5.14 Å². The second-order valence-electron chi connectivity index (χ2n) is 5.22. The highest BCUT2D eigenvalue weighted by Crippen LogP contribution is 2.29. The molecule has 1 aliphatic rings. The number of primary sulfonamides is 1. The Morgan fingerprint density at radius 1 is 1.25 bits per heavy atom. The molecule has 20 heavy (non-hydrogen) atoms. The van der Waals surface area contributed by atoms with Crippen LogP contribution in [0.4, 0.5) is 5.69 Å². The molecule has 0 saturated carbocycles. The van der Waals surface area contributed by atoms with E-state index >= 15 is 0 Å². The van der Waals surface area contributed by atoms with Crippen LogP contribution >= 0.6 is 0 Å². The minimum atomic E-state index is -3.87. The summed E-state index contributed by atoms with van der Waals surface area (Å²) in [7, 11) is -3.87. The second kappa shape index (κ2) is 5.59. The molecule has 1 saturated heterocycles. The van der Waals surface area contributed by atoms with Gasteiger partial charge in [0.15, 0.2) is 0 Å². The van der Waals surface area contributed by atoms with E-state index in [1.807, 2.05) is 13.8 Å². The molecule has 6 nitrogen and oxygen atoms in total. The Bertz CT molecular complexity index is 578. The van der Waals surface area contributed by atoms with E-state index in [0.29, 0.717) is 18.5 Å². The van der Waals surface area contributed by atoms with Crippen LogP contribution in [0, 0.1) is 0 Å². The van der Waals surface area contributed by atoms with E-state index in [2.05, 4.69) is 0 Å². The van der Waals surface area contributed by atoms with Gasteiger partial charge in [-0.15, -0.1) is 0 Å². The molecule has 1 fully saturated rings. The molecule has 2 unspecified atom stereocenters. The molecule has 0 amide bonds. The van der Waals surface area contributed by atoms with Gasteiger partial charge in [0.25, 0.3) is 0 Å². The van der Waals surface area contributed by atoms with Crippen molar-refractivity contribution in [2.45, 2.75) is 49.9 Å². The molecule has 0 aromatic heterocycles. The molecule has 1 aromatic carbocycles. The number of benzene rings is 1. The Hall–Kier alpha value is -1.31. The van der Waals surface area contributed by atoms with Crippen LogP contribution in [-0.4, -0.2) is 26.7 Å². The zero-order valence-electron chi connectivity index (χ0n) is 11.6. The summed E-state index contributed by atoms with van der Waals surface area (Å²) >= 11 is 0. The first-order valence-corrected chi connectivity index (χ1v) is 8.05. The summed E-state index contributed by atoms with van der Waals surface area (Å²) < 4.78 is 34.6. The van der Waals surface area contributed by atoms with Crippen molar-refractivity contribution in [3.63, 3.8) is 0 Å². The van der Waals surface area contributed by atoms with E-state index < -0.39 is 10.0 Å². The Balaban J connectivity index is 2.25. The van der Waals surface area contributed by atoms with E-state index in [1.54, 1.807) is 12.1 Å². The molecule has 2 atom stereocenters. The van der Waals surface area contributed by atoms with E-state index in [4.69, 9.17) is 20.3 Å². The summed E-state index contributed by atoms with van der Waals surface area (Å²) in [6.07, 6.45) is 1.47. The molecular formula is C13H20N2O4S. The van der Waals surface area contributed by atoms with Crippen LogP contribution in [0.1, 0.15) is 26.7 Å². The summed E-state index contributed by atoms with van der Waals surface area (Å²) in [5, 5.41) is 5.20. The molecule has 7 heteroatoms. The fourth-order valence-electron chi connectivity index (χ4n) is 2.46. The maximum absolute atomic E-state index is 11.6. The van der Waals surface area contributed by atoms with E-state index in [1.165, 1.54) is 6.07 Å². The van der Waals surface area contributed by atoms with Gasteiger partial charge in [-0.3, -0.25) is 0 Å². The quantitative estimate of drug-likeness (QED) is 0.817. The van der Waals surface area contributed by atoms with Gasteiger partial charge in [-0.2, -0.15) is 0 Å². The maximum atomic E-state index is 11.6. The first-order chi connectivity index (χ1) is 9.25. The van der Waals surface area contributed by atoms with Gasteiger partial charge in [0.05, 0.1) is 12.2 Å². The average Bonchev–Trinajstić information content (AvgIpc) is 2.28. The summed E-state index contributed by atoms with van der Waals surface area (Å²) in [6, 6.07) is 4.45. The van der Waals surface area contributed by atoms with Crippen LogP contribution in [0.2, 0.25) is 0 Å². The molecule has 4 N–H and O–H groups in total. The van der Waals surface area contributed by atoms with Gasteiger partial charge in [-0.1, -0.05) is 0 Å². The first-order valence-electron chi connectivity index (χ1n) is 6.50. The first kappa shape index (κ1) is 15.1. The zero-order chi connectivity index (χ0) is 14.9. The standard InChI is InChI=1S/C13H20N2O4S/c1-8-5-11(6-9(2)18-8)19-12-4-3-10(14)7-13(12)20(15,16)17/h3-4,7-9,11H,5-6,14H2,1-2H3,(H2,15,16,17). The number of nitrogen functional groups attached to an aromatic ring is 1. The Morgan fingerprint density at radius 2 is 1.85 bits per heavy atom. The lowest BCUT2D eigenvalue weighted by atomic mass is 10.0. The van der Waals surface area contributed by atoms with Crippen molar-refractivity contribution < 1.29 is 17.9 Å². The lowest BCUT2D eigenvalue weighted by Gasteiger charge is -2.32. The fourth-order valence-corrected chi connectivity index (χ4v) is 3.16. The van der Waals surface area contributed by atoms with Gasteiger partial charge < -0.3 is 15.2 Å². The summed E-state index contributed by atoms with van der Waals surface area (Å²) in [4.78, 5) is -0.0794. The SMILES string of the molecule is CC1CC(Oc2ccc(N)cc2S(N)(=O)=O)CC(C)O1. The van der Waals surface area contributed by atoms with Crippen molar-refractivity contribution in [3.8, 4) is 5.75 Å². The highest BCUT2D eigenvalue weighted by atomic mass is 32.2. The van der Waals surface area contributed by atoms with Gasteiger partial charge >= 0.3 is 0 Å². The smallest absolute Gasteiger partial charge is 0.241 e. The Kier molecular flexibility index (Phi) is 4.22. The lowest BCUT2D eigenvalue weighted by Crippen LogP contribution is -2.36. The van der Waals surface area contributed by atoms with Gasteiger partial charge in [-0.25, -0.2) is 13.6 Å². The Morgan fingerprint density at radius 3 is 2.40 bits per heavy atom. The van der Waals surface area contributed by atoms with Crippen molar-refractivity contribution in [1.82, 2.24) is 0 Å². The summed E-state index contributed by atoms with van der Waals surface area (Å²) in [6.45, 7) is 3.94. The van der Waals surface area contributed by atoms with Crippen LogP contribution in [0.15, 0.2) is 23.1 Å². The number of nitrogens with two attached hydrogens (primary N) is 2. The predicted octanol–water partition coefficient (Wildman–Crippen LogP) is 1.25. The number of hydrogen-bond acceptors (Lipinski definition) is 5. The third-order valence-corrected chi connectivity index (χ3v) is 4.15. The van der Waals surface area contributed by atoms with Crippen LogP contribution < -0.4 is 15.6 Å². The van der Waals surface area contributed by atoms with Crippen molar-refractivity contribution in [1.29, 1.82) is 0 Å². The van der Waals surface area contributed by atoms with Gasteiger partial charge in [0.1, 0.15) is 16.7 Å². The topological polar surface area (TPSA) is 105 Å². The van der Waals surface area contributed by atoms with E-state index in [-0.39, 0.29) is 29.0 Å². The van der Waals surface area contributed by atoms with Crippen LogP contribution in [0.5, 0.6) is 5.75 Å². The minimum absolute atomic E-state index is 0.0791. The molecular weight excluding hydrogens is 280 g/mol. The molecule has 0 aliphatic carbocycles. The largest absolute Gasteiger partial charge is 0.489 e. The number of ether oxygens (including phenoxy) is 2. The molecule has 1 aromatic rings. The van der Waals surface area contributed by atoms with Gasteiger partial charge in [0.2, 0.25) is 10.0 Å². The number of hydrogen-bond donors (Lipinski definition) is 2. The predicted molar refractivity (Wildman–Crippen MR) is 75.9 cm³/mol. The molecule has 112 valence electrons. The second-order valence-corrected chi connectivity index (χ2v) is 6.75. The molecule has 0 radical (unpaired) electrons. The third kappa shape index (κ3) is 3.62. The monoisotopic (exact) mass is 300 g/mol. The highest BCUT2D eigenvalue weighted by Gasteiger charge is 2.27. The normalized spacial score (nSPS) is 27.2. The number of rotatable bonds is 3. The maximum Gasteiger partial charge on any atom is 0.241 e. The van der Waals surface area contributed by atoms with Gasteiger partial charge in [-0.05, 0) is 32.0 Å². The van der Waals surface area contributed by atoms with Crippen molar-refractivity contribution >= 4 is 15.7 Å². The third-order valence-electron chi connectivity index (χ3n) is 3.22. The lowest BCUT2D eigenvalue weighted by molar-refractivity contribution is -0.0726. The molecule has 1 heterocycles. The Labute approximate surface area is 119 Å². The average molecular weight is 300 g/mol. The molecule has 1 aliphatic heterocycles. The molecule has 0 bridgehead atoms. The van der Waals surface area contributed by atoms with Crippen molar-refractivity contribution in [2.75, 3.05) is 5.73 Å².